The van der Waals surface area contributed by atoms with Gasteiger partial charge in [0.15, 0.2) is 0 Å². The predicted octanol–water partition coefficient (Wildman–Crippen LogP) is 5.17. The Morgan fingerprint density at radius 3 is 2.33 bits per heavy atom. The molecule has 3 aromatic rings. The molecular formula is C22H27N5. The number of anilines is 4. The molecule has 0 bridgehead atoms. The zero-order valence-corrected chi connectivity index (χ0v) is 16.2. The third kappa shape index (κ3) is 5.20. The van der Waals surface area contributed by atoms with Crippen molar-refractivity contribution in [3.63, 3.8) is 0 Å². The molecule has 0 spiro atoms. The quantitative estimate of drug-likeness (QED) is 0.542. The van der Waals surface area contributed by atoms with Gasteiger partial charge in [-0.05, 0) is 30.7 Å². The minimum atomic E-state index is 0.591. The molecule has 3 rings (SSSR count). The molecule has 2 N–H and O–H groups in total. The first-order chi connectivity index (χ1) is 13.2. The van der Waals surface area contributed by atoms with Gasteiger partial charge in [-0.2, -0.15) is 4.98 Å². The van der Waals surface area contributed by atoms with E-state index in [0.717, 1.165) is 47.8 Å². The van der Waals surface area contributed by atoms with E-state index in [1.54, 1.807) is 0 Å². The van der Waals surface area contributed by atoms with Crippen molar-refractivity contribution in [3.8, 4) is 11.3 Å². The van der Waals surface area contributed by atoms with Crippen molar-refractivity contribution in [2.24, 2.45) is 0 Å². The number of nitrogens with one attached hydrogen (secondary N) is 2. The first-order valence-electron chi connectivity index (χ1n) is 9.38. The Hall–Kier alpha value is -3.08. The number of hydrogen-bond donors (Lipinski definition) is 2. The minimum Gasteiger partial charge on any atom is -0.378 e. The number of rotatable bonds is 8. The second-order valence-corrected chi connectivity index (χ2v) is 6.67. The van der Waals surface area contributed by atoms with E-state index < -0.39 is 0 Å². The molecule has 1 aromatic heterocycles. The molecule has 0 radical (unpaired) electrons. The third-order valence-electron chi connectivity index (χ3n) is 4.27. The van der Waals surface area contributed by atoms with Gasteiger partial charge in [-0.25, -0.2) is 4.98 Å². The highest BCUT2D eigenvalue weighted by atomic mass is 15.1. The van der Waals surface area contributed by atoms with E-state index in [1.165, 1.54) is 0 Å². The van der Waals surface area contributed by atoms with E-state index in [0.29, 0.717) is 5.95 Å². The van der Waals surface area contributed by atoms with Crippen molar-refractivity contribution in [2.45, 2.75) is 19.8 Å². The van der Waals surface area contributed by atoms with Crippen LogP contribution in [0.3, 0.4) is 0 Å². The molecule has 140 valence electrons. The third-order valence-corrected chi connectivity index (χ3v) is 4.27. The Kier molecular flexibility index (Phi) is 6.26. The Morgan fingerprint density at radius 2 is 1.67 bits per heavy atom. The summed E-state index contributed by atoms with van der Waals surface area (Å²) in [6.45, 7) is 3.08. The second-order valence-electron chi connectivity index (χ2n) is 6.67. The molecule has 5 nitrogen and oxygen atoms in total. The maximum absolute atomic E-state index is 4.71. The fourth-order valence-electron chi connectivity index (χ4n) is 2.72. The molecule has 0 aliphatic rings. The van der Waals surface area contributed by atoms with Crippen molar-refractivity contribution >= 4 is 23.1 Å². The van der Waals surface area contributed by atoms with Crippen molar-refractivity contribution in [1.29, 1.82) is 0 Å². The Morgan fingerprint density at radius 1 is 0.926 bits per heavy atom. The van der Waals surface area contributed by atoms with Gasteiger partial charge in [0.2, 0.25) is 5.95 Å². The van der Waals surface area contributed by atoms with Crippen LogP contribution in [0, 0.1) is 0 Å². The molecule has 5 heteroatoms. The zero-order chi connectivity index (χ0) is 19.1. The predicted molar refractivity (Wildman–Crippen MR) is 115 cm³/mol. The lowest BCUT2D eigenvalue weighted by molar-refractivity contribution is 0.830. The SMILES string of the molecule is CCCCNc1cc(-c2ccccc2)nc(Nc2ccc(N(C)C)cc2)n1. The summed E-state index contributed by atoms with van der Waals surface area (Å²) < 4.78 is 0. The number of nitrogens with zero attached hydrogens (tertiary/aromatic N) is 3. The van der Waals surface area contributed by atoms with Crippen molar-refractivity contribution in [2.75, 3.05) is 36.2 Å². The molecule has 0 amide bonds. The Bertz CT molecular complexity index is 844. The number of unbranched alkanes of at least 4 members (excludes halogenated alkanes) is 1. The van der Waals surface area contributed by atoms with E-state index in [-0.39, 0.29) is 0 Å². The smallest absolute Gasteiger partial charge is 0.229 e. The Balaban J connectivity index is 1.87. The van der Waals surface area contributed by atoms with Crippen LogP contribution in [0.2, 0.25) is 0 Å². The lowest BCUT2D eigenvalue weighted by Gasteiger charge is -2.14. The summed E-state index contributed by atoms with van der Waals surface area (Å²) in [6.07, 6.45) is 2.26. The minimum absolute atomic E-state index is 0.591. The van der Waals surface area contributed by atoms with Crippen molar-refractivity contribution in [3.05, 3.63) is 60.7 Å². The monoisotopic (exact) mass is 361 g/mol. The van der Waals surface area contributed by atoms with Crippen molar-refractivity contribution in [1.82, 2.24) is 9.97 Å². The van der Waals surface area contributed by atoms with Gasteiger partial charge in [-0.3, -0.25) is 0 Å². The molecule has 27 heavy (non-hydrogen) atoms. The van der Waals surface area contributed by atoms with Gasteiger partial charge >= 0.3 is 0 Å². The maximum Gasteiger partial charge on any atom is 0.229 e. The van der Waals surface area contributed by atoms with Crippen LogP contribution >= 0.6 is 0 Å². The molecule has 0 saturated heterocycles. The average Bonchev–Trinajstić information content (AvgIpc) is 2.69. The lowest BCUT2D eigenvalue weighted by Crippen LogP contribution is -2.08. The Labute approximate surface area is 161 Å². The summed E-state index contributed by atoms with van der Waals surface area (Å²) >= 11 is 0. The summed E-state index contributed by atoms with van der Waals surface area (Å²) in [5.74, 6) is 1.43. The molecule has 2 aromatic carbocycles. The molecule has 0 aliphatic carbocycles. The highest BCUT2D eigenvalue weighted by Crippen LogP contribution is 2.24. The average molecular weight is 361 g/mol. The van der Waals surface area contributed by atoms with Crippen LogP contribution in [0.4, 0.5) is 23.1 Å². The molecule has 1 heterocycles. The van der Waals surface area contributed by atoms with Gasteiger partial charge < -0.3 is 15.5 Å². The summed E-state index contributed by atoms with van der Waals surface area (Å²) in [7, 11) is 4.06. The van der Waals surface area contributed by atoms with Crippen LogP contribution in [-0.4, -0.2) is 30.6 Å². The fourth-order valence-corrected chi connectivity index (χ4v) is 2.72. The van der Waals surface area contributed by atoms with Gasteiger partial charge in [0.05, 0.1) is 5.69 Å². The molecule has 0 aliphatic heterocycles. The summed E-state index contributed by atoms with van der Waals surface area (Å²) in [5, 5.41) is 6.74. The number of benzene rings is 2. The number of aromatic nitrogens is 2. The zero-order valence-electron chi connectivity index (χ0n) is 16.2. The van der Waals surface area contributed by atoms with Crippen LogP contribution in [0.25, 0.3) is 11.3 Å². The fraction of sp³-hybridized carbons (Fsp3) is 0.273. The van der Waals surface area contributed by atoms with Crippen LogP contribution < -0.4 is 15.5 Å². The van der Waals surface area contributed by atoms with Gasteiger partial charge in [0, 0.05) is 43.6 Å². The molecule has 0 fully saturated rings. The van der Waals surface area contributed by atoms with E-state index in [4.69, 9.17) is 4.98 Å². The lowest BCUT2D eigenvalue weighted by atomic mass is 10.1. The topological polar surface area (TPSA) is 53.1 Å². The second kappa shape index (κ2) is 9.03. The molecule has 0 unspecified atom stereocenters. The molecule has 0 saturated carbocycles. The summed E-state index contributed by atoms with van der Waals surface area (Å²) in [6, 6.07) is 20.4. The van der Waals surface area contributed by atoms with Gasteiger partial charge in [-0.1, -0.05) is 43.7 Å². The highest BCUT2D eigenvalue weighted by Gasteiger charge is 2.07. The first-order valence-corrected chi connectivity index (χ1v) is 9.38. The van der Waals surface area contributed by atoms with E-state index in [1.807, 2.05) is 50.5 Å². The number of hydrogen-bond acceptors (Lipinski definition) is 5. The van der Waals surface area contributed by atoms with Gasteiger partial charge in [-0.15, -0.1) is 0 Å². The summed E-state index contributed by atoms with van der Waals surface area (Å²) in [5.41, 5.74) is 4.09. The van der Waals surface area contributed by atoms with Crippen molar-refractivity contribution < 1.29 is 0 Å². The van der Waals surface area contributed by atoms with E-state index in [2.05, 4.69) is 51.7 Å². The molecule has 0 atom stereocenters. The largest absolute Gasteiger partial charge is 0.378 e. The van der Waals surface area contributed by atoms with Crippen LogP contribution in [0.15, 0.2) is 60.7 Å². The van der Waals surface area contributed by atoms with Crippen LogP contribution in [0.1, 0.15) is 19.8 Å². The molecular weight excluding hydrogens is 334 g/mol. The van der Waals surface area contributed by atoms with Gasteiger partial charge in [0.1, 0.15) is 5.82 Å². The normalized spacial score (nSPS) is 10.5. The standard InChI is InChI=1S/C22H27N5/c1-4-5-15-23-21-16-20(17-9-7-6-8-10-17)25-22(26-21)24-18-11-13-19(14-12-18)27(2)3/h6-14,16H,4-5,15H2,1-3H3,(H2,23,24,25,26). The summed E-state index contributed by atoms with van der Waals surface area (Å²) in [4.78, 5) is 11.4. The van der Waals surface area contributed by atoms with Gasteiger partial charge in [0.25, 0.3) is 0 Å². The van der Waals surface area contributed by atoms with Crippen LogP contribution in [-0.2, 0) is 0 Å². The first kappa shape index (κ1) is 18.7. The van der Waals surface area contributed by atoms with E-state index >= 15 is 0 Å². The van der Waals surface area contributed by atoms with E-state index in [9.17, 15) is 0 Å². The van der Waals surface area contributed by atoms with Crippen LogP contribution in [0.5, 0.6) is 0 Å². The highest BCUT2D eigenvalue weighted by molar-refractivity contribution is 5.66. The maximum atomic E-state index is 4.71.